The summed E-state index contributed by atoms with van der Waals surface area (Å²) in [6, 6.07) is 9.88. The summed E-state index contributed by atoms with van der Waals surface area (Å²) in [4.78, 5) is 0. The van der Waals surface area contributed by atoms with E-state index in [1.807, 2.05) is 32.9 Å². The zero-order valence-corrected chi connectivity index (χ0v) is 11.8. The predicted molar refractivity (Wildman–Crippen MR) is 76.1 cm³/mol. The first-order chi connectivity index (χ1) is 9.40. The fraction of sp³-hybridized carbons (Fsp3) is 0.294. The van der Waals surface area contributed by atoms with Gasteiger partial charge >= 0.3 is 0 Å². The predicted octanol–water partition coefficient (Wildman–Crippen LogP) is 4.63. The van der Waals surface area contributed by atoms with Crippen molar-refractivity contribution in [3.63, 3.8) is 0 Å². The van der Waals surface area contributed by atoms with Crippen LogP contribution >= 0.6 is 0 Å². The average Bonchev–Trinajstić information content (AvgIpc) is 2.42. The molecule has 3 heteroatoms. The van der Waals surface area contributed by atoms with Gasteiger partial charge in [0, 0.05) is 5.56 Å². The number of hydrogen-bond acceptors (Lipinski definition) is 1. The second kappa shape index (κ2) is 5.71. The normalized spacial score (nSPS) is 12.8. The largest absolute Gasteiger partial charge is 0.384 e. The highest BCUT2D eigenvalue weighted by Crippen LogP contribution is 2.29. The molecule has 1 unspecified atom stereocenters. The van der Waals surface area contributed by atoms with Crippen molar-refractivity contribution < 1.29 is 13.9 Å². The maximum absolute atomic E-state index is 12.7. The Labute approximate surface area is 117 Å². The number of aryl methyl sites for hydroxylation is 3. The summed E-state index contributed by atoms with van der Waals surface area (Å²) in [5.41, 5.74) is 4.38. The minimum absolute atomic E-state index is 0.0666. The van der Waals surface area contributed by atoms with E-state index in [1.54, 1.807) is 12.1 Å². The smallest absolute Gasteiger partial charge is 0.263 e. The van der Waals surface area contributed by atoms with E-state index in [1.165, 1.54) is 12.1 Å². The van der Waals surface area contributed by atoms with Crippen LogP contribution in [0.3, 0.4) is 0 Å². The van der Waals surface area contributed by atoms with Gasteiger partial charge in [0.05, 0.1) is 0 Å². The number of benzene rings is 2. The molecule has 0 spiro atoms. The molecule has 1 nitrogen and oxygen atoms in total. The minimum Gasteiger partial charge on any atom is -0.384 e. The fourth-order valence-corrected chi connectivity index (χ4v) is 2.32. The van der Waals surface area contributed by atoms with Crippen molar-refractivity contribution >= 4 is 0 Å². The van der Waals surface area contributed by atoms with Gasteiger partial charge in [-0.05, 0) is 54.7 Å². The summed E-state index contributed by atoms with van der Waals surface area (Å²) in [7, 11) is 0. The lowest BCUT2D eigenvalue weighted by Crippen LogP contribution is -2.04. The lowest BCUT2D eigenvalue weighted by atomic mass is 9.93. The first-order valence-electron chi connectivity index (χ1n) is 6.54. The van der Waals surface area contributed by atoms with Gasteiger partial charge in [0.25, 0.3) is 6.43 Å². The molecule has 1 atom stereocenters. The van der Waals surface area contributed by atoms with Crippen molar-refractivity contribution in [3.8, 4) is 0 Å². The van der Waals surface area contributed by atoms with Gasteiger partial charge in [-0.15, -0.1) is 0 Å². The van der Waals surface area contributed by atoms with E-state index < -0.39 is 12.5 Å². The first-order valence-corrected chi connectivity index (χ1v) is 6.54. The van der Waals surface area contributed by atoms with Gasteiger partial charge in [-0.1, -0.05) is 30.3 Å². The van der Waals surface area contributed by atoms with E-state index in [0.717, 1.165) is 22.3 Å². The average molecular weight is 276 g/mol. The van der Waals surface area contributed by atoms with Crippen LogP contribution in [0, 0.1) is 20.8 Å². The lowest BCUT2D eigenvalue weighted by molar-refractivity contribution is 0.150. The summed E-state index contributed by atoms with van der Waals surface area (Å²) in [6.07, 6.45) is -3.41. The second-order valence-corrected chi connectivity index (χ2v) is 5.17. The Hall–Kier alpha value is -1.74. The van der Waals surface area contributed by atoms with Crippen LogP contribution in [-0.2, 0) is 0 Å². The maximum Gasteiger partial charge on any atom is 0.263 e. The van der Waals surface area contributed by atoms with Crippen molar-refractivity contribution in [2.45, 2.75) is 33.3 Å². The molecule has 0 saturated heterocycles. The summed E-state index contributed by atoms with van der Waals surface area (Å²) in [6.45, 7) is 5.90. The third kappa shape index (κ3) is 2.88. The van der Waals surface area contributed by atoms with Crippen molar-refractivity contribution in [1.29, 1.82) is 0 Å². The Bertz CT molecular complexity index is 620. The summed E-state index contributed by atoms with van der Waals surface area (Å²) in [5.74, 6) is 0. The fourth-order valence-electron chi connectivity index (χ4n) is 2.32. The van der Waals surface area contributed by atoms with Crippen LogP contribution in [0.2, 0.25) is 0 Å². The molecule has 0 aliphatic carbocycles. The zero-order chi connectivity index (χ0) is 14.9. The van der Waals surface area contributed by atoms with Crippen LogP contribution in [0.15, 0.2) is 36.4 Å². The zero-order valence-electron chi connectivity index (χ0n) is 11.8. The molecule has 0 aliphatic rings. The summed E-state index contributed by atoms with van der Waals surface area (Å²) < 4.78 is 25.5. The Morgan fingerprint density at radius 1 is 0.850 bits per heavy atom. The SMILES string of the molecule is Cc1cc(C)c(C(O)c2cccc(C(F)F)c2)cc1C. The van der Waals surface area contributed by atoms with Crippen molar-refractivity contribution in [3.05, 3.63) is 69.8 Å². The highest BCUT2D eigenvalue weighted by atomic mass is 19.3. The van der Waals surface area contributed by atoms with E-state index >= 15 is 0 Å². The molecule has 2 aromatic rings. The van der Waals surface area contributed by atoms with E-state index in [-0.39, 0.29) is 5.56 Å². The number of aliphatic hydroxyl groups excluding tert-OH is 1. The van der Waals surface area contributed by atoms with Gasteiger partial charge in [-0.3, -0.25) is 0 Å². The maximum atomic E-state index is 12.7. The van der Waals surface area contributed by atoms with E-state index in [9.17, 15) is 13.9 Å². The van der Waals surface area contributed by atoms with Crippen LogP contribution in [0.4, 0.5) is 8.78 Å². The van der Waals surface area contributed by atoms with Crippen molar-refractivity contribution in [2.75, 3.05) is 0 Å². The molecule has 0 aliphatic heterocycles. The number of rotatable bonds is 3. The molecule has 1 N–H and O–H groups in total. The molecule has 0 radical (unpaired) electrons. The number of alkyl halides is 2. The van der Waals surface area contributed by atoms with E-state index in [4.69, 9.17) is 0 Å². The topological polar surface area (TPSA) is 20.2 Å². The molecule has 0 fully saturated rings. The second-order valence-electron chi connectivity index (χ2n) is 5.17. The van der Waals surface area contributed by atoms with Gasteiger partial charge in [0.15, 0.2) is 0 Å². The van der Waals surface area contributed by atoms with Crippen LogP contribution in [0.25, 0.3) is 0 Å². The lowest BCUT2D eigenvalue weighted by Gasteiger charge is -2.17. The highest BCUT2D eigenvalue weighted by molar-refractivity contribution is 5.42. The first kappa shape index (κ1) is 14.7. The van der Waals surface area contributed by atoms with Crippen LogP contribution in [-0.4, -0.2) is 5.11 Å². The molecule has 2 aromatic carbocycles. The molecule has 0 aromatic heterocycles. The summed E-state index contributed by atoms with van der Waals surface area (Å²) >= 11 is 0. The highest BCUT2D eigenvalue weighted by Gasteiger charge is 2.16. The Morgan fingerprint density at radius 2 is 1.45 bits per heavy atom. The quantitative estimate of drug-likeness (QED) is 0.866. The standard InChI is InChI=1S/C17H18F2O/c1-10-7-12(3)15(8-11(10)2)16(20)13-5-4-6-14(9-13)17(18)19/h4-9,16-17,20H,1-3H3. The number of aliphatic hydroxyl groups is 1. The van der Waals surface area contributed by atoms with Crippen LogP contribution < -0.4 is 0 Å². The van der Waals surface area contributed by atoms with Crippen molar-refractivity contribution in [1.82, 2.24) is 0 Å². The van der Waals surface area contributed by atoms with E-state index in [0.29, 0.717) is 5.56 Å². The molecule has 0 bridgehead atoms. The molecular weight excluding hydrogens is 258 g/mol. The van der Waals surface area contributed by atoms with Gasteiger partial charge in [0.1, 0.15) is 6.10 Å². The van der Waals surface area contributed by atoms with Crippen LogP contribution in [0.1, 0.15) is 45.9 Å². The molecule has 20 heavy (non-hydrogen) atoms. The number of hydrogen-bond donors (Lipinski definition) is 1. The molecule has 2 rings (SSSR count). The third-order valence-corrected chi connectivity index (χ3v) is 3.66. The van der Waals surface area contributed by atoms with Crippen molar-refractivity contribution in [2.24, 2.45) is 0 Å². The third-order valence-electron chi connectivity index (χ3n) is 3.66. The Balaban J connectivity index is 2.43. The van der Waals surface area contributed by atoms with Crippen LogP contribution in [0.5, 0.6) is 0 Å². The molecule has 106 valence electrons. The number of halogens is 2. The molecule has 0 heterocycles. The van der Waals surface area contributed by atoms with E-state index in [2.05, 4.69) is 0 Å². The molecule has 0 saturated carbocycles. The van der Waals surface area contributed by atoms with Gasteiger partial charge in [-0.25, -0.2) is 8.78 Å². The van der Waals surface area contributed by atoms with Gasteiger partial charge < -0.3 is 5.11 Å². The van der Waals surface area contributed by atoms with Gasteiger partial charge in [0.2, 0.25) is 0 Å². The molecular formula is C17H18F2O. The van der Waals surface area contributed by atoms with Gasteiger partial charge in [-0.2, -0.15) is 0 Å². The monoisotopic (exact) mass is 276 g/mol. The molecule has 0 amide bonds. The Kier molecular flexibility index (Phi) is 4.19. The summed E-state index contributed by atoms with van der Waals surface area (Å²) in [5, 5.41) is 10.4. The Morgan fingerprint density at radius 3 is 2.10 bits per heavy atom. The minimum atomic E-state index is -2.52.